The van der Waals surface area contributed by atoms with E-state index in [0.29, 0.717) is 0 Å². The Morgan fingerprint density at radius 2 is 1.80 bits per heavy atom. The van der Waals surface area contributed by atoms with Crippen LogP contribution < -0.4 is 0 Å². The molecule has 0 amide bonds. The Bertz CT molecular complexity index is 209. The van der Waals surface area contributed by atoms with Crippen LogP contribution in [0.4, 0.5) is 0 Å². The van der Waals surface area contributed by atoms with Gasteiger partial charge in [0.2, 0.25) is 0 Å². The predicted octanol–water partition coefficient (Wildman–Crippen LogP) is 2.65. The number of allylic oxidation sites excluding steroid dienone is 1. The molecule has 1 heterocycles. The zero-order valence-corrected chi connectivity index (χ0v) is 7.12. The first-order valence-corrected chi connectivity index (χ1v) is 3.51. The fraction of sp³-hybridized carbons (Fsp3) is 0.556. The van der Waals surface area contributed by atoms with Gasteiger partial charge in [-0.15, -0.1) is 0 Å². The molecule has 1 aliphatic rings. The van der Waals surface area contributed by atoms with Crippen molar-refractivity contribution in [3.8, 4) is 0 Å². The summed E-state index contributed by atoms with van der Waals surface area (Å²) in [7, 11) is 0. The van der Waals surface area contributed by atoms with Crippen molar-refractivity contribution in [3.05, 3.63) is 23.5 Å². The smallest absolute Gasteiger partial charge is 0.125 e. The molecule has 1 aliphatic heterocycles. The number of hydrogen-bond acceptors (Lipinski definition) is 1. The summed E-state index contributed by atoms with van der Waals surface area (Å²) in [6.07, 6.45) is 0. The molecule has 0 atom stereocenters. The van der Waals surface area contributed by atoms with Gasteiger partial charge in [0.15, 0.2) is 0 Å². The topological polar surface area (TPSA) is 9.23 Å². The van der Waals surface area contributed by atoms with E-state index in [9.17, 15) is 0 Å². The summed E-state index contributed by atoms with van der Waals surface area (Å²) < 4.78 is 5.50. The maximum Gasteiger partial charge on any atom is 0.125 e. The molecule has 1 nitrogen and oxygen atoms in total. The SMILES string of the molecule is C=C1OC(C)(C)C(C)=C1C. The van der Waals surface area contributed by atoms with E-state index in [4.69, 9.17) is 4.74 Å². The number of ether oxygens (including phenoxy) is 1. The fourth-order valence-electron chi connectivity index (χ4n) is 1.12. The molecule has 0 aromatic heterocycles. The third kappa shape index (κ3) is 0.859. The molecule has 0 fully saturated rings. The van der Waals surface area contributed by atoms with Crippen molar-refractivity contribution in [2.45, 2.75) is 33.3 Å². The van der Waals surface area contributed by atoms with Gasteiger partial charge in [0.05, 0.1) is 0 Å². The second-order valence-corrected chi connectivity index (χ2v) is 3.29. The normalized spacial score (nSPS) is 23.4. The van der Waals surface area contributed by atoms with Crippen LogP contribution in [-0.4, -0.2) is 5.60 Å². The summed E-state index contributed by atoms with van der Waals surface area (Å²) >= 11 is 0. The van der Waals surface area contributed by atoms with Crippen LogP contribution in [0.25, 0.3) is 0 Å². The summed E-state index contributed by atoms with van der Waals surface area (Å²) in [6, 6.07) is 0. The Morgan fingerprint density at radius 1 is 1.30 bits per heavy atom. The van der Waals surface area contributed by atoms with Crippen LogP contribution in [0, 0.1) is 0 Å². The van der Waals surface area contributed by atoms with E-state index in [2.05, 4.69) is 27.4 Å². The molecule has 0 saturated heterocycles. The van der Waals surface area contributed by atoms with E-state index < -0.39 is 0 Å². The lowest BCUT2D eigenvalue weighted by Crippen LogP contribution is -2.19. The highest BCUT2D eigenvalue weighted by molar-refractivity contribution is 5.37. The van der Waals surface area contributed by atoms with Crippen LogP contribution >= 0.6 is 0 Å². The quantitative estimate of drug-likeness (QED) is 0.500. The Hall–Kier alpha value is -0.720. The third-order valence-electron chi connectivity index (χ3n) is 2.26. The van der Waals surface area contributed by atoms with E-state index in [1.165, 1.54) is 11.1 Å². The van der Waals surface area contributed by atoms with Gasteiger partial charge in [0.1, 0.15) is 11.4 Å². The van der Waals surface area contributed by atoms with Crippen LogP contribution in [-0.2, 0) is 4.74 Å². The second kappa shape index (κ2) is 1.88. The maximum atomic E-state index is 5.50. The van der Waals surface area contributed by atoms with Gasteiger partial charge in [-0.2, -0.15) is 0 Å². The molecule has 0 aromatic carbocycles. The Morgan fingerprint density at radius 3 is 1.90 bits per heavy atom. The van der Waals surface area contributed by atoms with Crippen LogP contribution in [0.3, 0.4) is 0 Å². The Balaban J connectivity index is 3.06. The maximum absolute atomic E-state index is 5.50. The largest absolute Gasteiger partial charge is 0.484 e. The molecule has 0 spiro atoms. The highest BCUT2D eigenvalue weighted by atomic mass is 16.5. The molecule has 56 valence electrons. The van der Waals surface area contributed by atoms with Crippen LogP contribution in [0.15, 0.2) is 23.5 Å². The van der Waals surface area contributed by atoms with Crippen molar-refractivity contribution >= 4 is 0 Å². The fourth-order valence-corrected chi connectivity index (χ4v) is 1.12. The minimum absolute atomic E-state index is 0.124. The Kier molecular flexibility index (Phi) is 1.39. The summed E-state index contributed by atoms with van der Waals surface area (Å²) in [4.78, 5) is 0. The highest BCUT2D eigenvalue weighted by Crippen LogP contribution is 2.36. The van der Waals surface area contributed by atoms with E-state index in [1.807, 2.05) is 6.92 Å². The standard InChI is InChI=1S/C9H14O/c1-6-7(2)9(4,5)10-8(6)3/h3H2,1-2,4-5H3. The van der Waals surface area contributed by atoms with Gasteiger partial charge in [-0.3, -0.25) is 0 Å². The molecule has 10 heavy (non-hydrogen) atoms. The zero-order chi connectivity index (χ0) is 7.94. The molecule has 1 heteroatoms. The average Bonchev–Trinajstić information content (AvgIpc) is 1.95. The van der Waals surface area contributed by atoms with E-state index in [-0.39, 0.29) is 5.60 Å². The lowest BCUT2D eigenvalue weighted by molar-refractivity contribution is 0.0942. The number of rotatable bonds is 0. The molecule has 0 aromatic rings. The molecular weight excluding hydrogens is 124 g/mol. The predicted molar refractivity (Wildman–Crippen MR) is 42.7 cm³/mol. The van der Waals surface area contributed by atoms with Crippen molar-refractivity contribution in [1.29, 1.82) is 0 Å². The molecule has 0 N–H and O–H groups in total. The molecular formula is C9H14O. The van der Waals surface area contributed by atoms with Gasteiger partial charge >= 0.3 is 0 Å². The second-order valence-electron chi connectivity index (χ2n) is 3.29. The lowest BCUT2D eigenvalue weighted by atomic mass is 9.98. The summed E-state index contributed by atoms with van der Waals surface area (Å²) in [5, 5.41) is 0. The number of hydrogen-bond donors (Lipinski definition) is 0. The minimum Gasteiger partial charge on any atom is -0.484 e. The minimum atomic E-state index is -0.124. The van der Waals surface area contributed by atoms with Gasteiger partial charge in [-0.1, -0.05) is 6.58 Å². The van der Waals surface area contributed by atoms with Crippen LogP contribution in [0.1, 0.15) is 27.7 Å². The highest BCUT2D eigenvalue weighted by Gasteiger charge is 2.31. The summed E-state index contributed by atoms with van der Waals surface area (Å²) in [6.45, 7) is 12.1. The molecule has 0 aliphatic carbocycles. The van der Waals surface area contributed by atoms with E-state index in [0.717, 1.165) is 5.76 Å². The molecule has 0 radical (unpaired) electrons. The molecule has 0 saturated carbocycles. The van der Waals surface area contributed by atoms with E-state index >= 15 is 0 Å². The van der Waals surface area contributed by atoms with Crippen molar-refractivity contribution in [3.63, 3.8) is 0 Å². The summed E-state index contributed by atoms with van der Waals surface area (Å²) in [5.74, 6) is 0.822. The van der Waals surface area contributed by atoms with Crippen LogP contribution in [0.5, 0.6) is 0 Å². The van der Waals surface area contributed by atoms with Gasteiger partial charge in [-0.25, -0.2) is 0 Å². The average molecular weight is 138 g/mol. The first-order chi connectivity index (χ1) is 4.45. The Labute approximate surface area is 62.4 Å². The van der Waals surface area contributed by atoms with E-state index in [1.54, 1.807) is 0 Å². The third-order valence-corrected chi connectivity index (χ3v) is 2.26. The molecule has 1 rings (SSSR count). The zero-order valence-electron chi connectivity index (χ0n) is 7.12. The van der Waals surface area contributed by atoms with Gasteiger partial charge in [0.25, 0.3) is 0 Å². The summed E-state index contributed by atoms with van der Waals surface area (Å²) in [5.41, 5.74) is 2.36. The van der Waals surface area contributed by atoms with Gasteiger partial charge in [-0.05, 0) is 38.8 Å². The van der Waals surface area contributed by atoms with Crippen molar-refractivity contribution in [2.75, 3.05) is 0 Å². The van der Waals surface area contributed by atoms with Crippen LogP contribution in [0.2, 0.25) is 0 Å². The van der Waals surface area contributed by atoms with Gasteiger partial charge in [0, 0.05) is 0 Å². The molecule has 0 bridgehead atoms. The van der Waals surface area contributed by atoms with Crippen molar-refractivity contribution in [2.24, 2.45) is 0 Å². The van der Waals surface area contributed by atoms with Gasteiger partial charge < -0.3 is 4.74 Å². The monoisotopic (exact) mass is 138 g/mol. The molecule has 0 unspecified atom stereocenters. The lowest BCUT2D eigenvalue weighted by Gasteiger charge is -2.19. The first kappa shape index (κ1) is 7.39. The first-order valence-electron chi connectivity index (χ1n) is 3.51. The van der Waals surface area contributed by atoms with Crippen molar-refractivity contribution < 1.29 is 4.74 Å². The van der Waals surface area contributed by atoms with Crippen molar-refractivity contribution in [1.82, 2.24) is 0 Å².